The van der Waals surface area contributed by atoms with Crippen LogP contribution in [0.5, 0.6) is 11.5 Å². The van der Waals surface area contributed by atoms with Crippen LogP contribution in [0, 0.1) is 0 Å². The SMILES string of the molecule is CCC(C)N(CCc1nc(-c2ccc3c(c2)OCO3)no1)C(=O)c1ccc(C(F)(F)F)cc1. The monoisotopic (exact) mass is 461 g/mol. The number of alkyl halides is 3. The molecule has 1 aliphatic rings. The van der Waals surface area contributed by atoms with Crippen molar-refractivity contribution in [2.24, 2.45) is 0 Å². The zero-order valence-corrected chi connectivity index (χ0v) is 18.1. The number of hydrogen-bond acceptors (Lipinski definition) is 6. The summed E-state index contributed by atoms with van der Waals surface area (Å²) in [7, 11) is 0. The van der Waals surface area contributed by atoms with Crippen molar-refractivity contribution in [3.8, 4) is 22.9 Å². The molecule has 0 saturated carbocycles. The molecule has 0 aliphatic carbocycles. The Labute approximate surface area is 188 Å². The van der Waals surface area contributed by atoms with Gasteiger partial charge in [0.2, 0.25) is 18.5 Å². The first-order valence-corrected chi connectivity index (χ1v) is 10.5. The van der Waals surface area contributed by atoms with Gasteiger partial charge in [0.1, 0.15) is 0 Å². The lowest BCUT2D eigenvalue weighted by atomic mass is 10.1. The predicted molar refractivity (Wildman–Crippen MR) is 112 cm³/mol. The highest BCUT2D eigenvalue weighted by atomic mass is 19.4. The molecule has 0 fully saturated rings. The Bertz CT molecular complexity index is 1130. The standard InChI is InChI=1S/C23H22F3N3O4/c1-3-14(2)29(22(30)15-4-7-17(8-5-15)23(24,25)26)11-10-20-27-21(28-33-20)16-6-9-18-19(12-16)32-13-31-18/h4-9,12,14H,3,10-11,13H2,1-2H3. The van der Waals surface area contributed by atoms with E-state index in [-0.39, 0.29) is 30.9 Å². The van der Waals surface area contributed by atoms with E-state index in [1.165, 1.54) is 12.1 Å². The summed E-state index contributed by atoms with van der Waals surface area (Å²) in [5.74, 6) is 1.62. The Balaban J connectivity index is 1.46. The molecule has 1 atom stereocenters. The molecule has 2 heterocycles. The lowest BCUT2D eigenvalue weighted by Gasteiger charge is -2.28. The molecule has 10 heteroatoms. The number of amides is 1. The number of aromatic nitrogens is 2. The van der Waals surface area contributed by atoms with Gasteiger partial charge in [-0.2, -0.15) is 18.2 Å². The maximum Gasteiger partial charge on any atom is 0.416 e. The number of carbonyl (C=O) groups excluding carboxylic acids is 1. The molecule has 2 aromatic carbocycles. The zero-order valence-electron chi connectivity index (χ0n) is 18.1. The average Bonchev–Trinajstić information content (AvgIpc) is 3.47. The van der Waals surface area contributed by atoms with Crippen LogP contribution in [0.15, 0.2) is 47.0 Å². The Morgan fingerprint density at radius 3 is 2.55 bits per heavy atom. The van der Waals surface area contributed by atoms with Crippen LogP contribution in [0.1, 0.15) is 42.1 Å². The normalized spacial score (nSPS) is 13.7. The summed E-state index contributed by atoms with van der Waals surface area (Å²) in [6.45, 7) is 4.25. The van der Waals surface area contributed by atoms with Crippen LogP contribution >= 0.6 is 0 Å². The smallest absolute Gasteiger partial charge is 0.416 e. The van der Waals surface area contributed by atoms with Gasteiger partial charge in [-0.05, 0) is 55.8 Å². The van der Waals surface area contributed by atoms with E-state index in [4.69, 9.17) is 14.0 Å². The van der Waals surface area contributed by atoms with Crippen molar-refractivity contribution >= 4 is 5.91 Å². The molecule has 33 heavy (non-hydrogen) atoms. The van der Waals surface area contributed by atoms with Gasteiger partial charge < -0.3 is 18.9 Å². The van der Waals surface area contributed by atoms with Crippen LogP contribution in [0.25, 0.3) is 11.4 Å². The number of halogens is 3. The van der Waals surface area contributed by atoms with Crippen LogP contribution in [0.3, 0.4) is 0 Å². The van der Waals surface area contributed by atoms with Crippen molar-refractivity contribution in [2.45, 2.75) is 38.9 Å². The van der Waals surface area contributed by atoms with Gasteiger partial charge in [-0.25, -0.2) is 0 Å². The van der Waals surface area contributed by atoms with Crippen LogP contribution in [-0.4, -0.2) is 40.3 Å². The average molecular weight is 461 g/mol. The molecule has 1 aliphatic heterocycles. The molecule has 1 unspecified atom stereocenters. The molecule has 0 radical (unpaired) electrons. The predicted octanol–water partition coefficient (Wildman–Crippen LogP) is 4.97. The van der Waals surface area contributed by atoms with Gasteiger partial charge >= 0.3 is 6.18 Å². The third kappa shape index (κ3) is 4.94. The van der Waals surface area contributed by atoms with Gasteiger partial charge in [0.15, 0.2) is 11.5 Å². The first-order chi connectivity index (χ1) is 15.8. The molecule has 0 spiro atoms. The molecule has 0 saturated heterocycles. The minimum Gasteiger partial charge on any atom is -0.454 e. The summed E-state index contributed by atoms with van der Waals surface area (Å²) >= 11 is 0. The Morgan fingerprint density at radius 2 is 1.85 bits per heavy atom. The highest BCUT2D eigenvalue weighted by Crippen LogP contribution is 2.35. The van der Waals surface area contributed by atoms with E-state index in [0.717, 1.165) is 12.1 Å². The summed E-state index contributed by atoms with van der Waals surface area (Å²) in [6.07, 6.45) is -3.47. The van der Waals surface area contributed by atoms with Crippen molar-refractivity contribution in [1.29, 1.82) is 0 Å². The van der Waals surface area contributed by atoms with Crippen molar-refractivity contribution in [1.82, 2.24) is 15.0 Å². The second-order valence-electron chi connectivity index (χ2n) is 7.66. The van der Waals surface area contributed by atoms with Gasteiger partial charge in [-0.1, -0.05) is 12.1 Å². The summed E-state index contributed by atoms with van der Waals surface area (Å²) in [5, 5.41) is 4.00. The maximum atomic E-state index is 13.0. The van der Waals surface area contributed by atoms with E-state index in [9.17, 15) is 18.0 Å². The van der Waals surface area contributed by atoms with Gasteiger partial charge in [0.05, 0.1) is 5.56 Å². The summed E-state index contributed by atoms with van der Waals surface area (Å²) in [6, 6.07) is 9.42. The quantitative estimate of drug-likeness (QED) is 0.495. The van der Waals surface area contributed by atoms with Gasteiger partial charge in [0.25, 0.3) is 5.91 Å². The van der Waals surface area contributed by atoms with E-state index in [2.05, 4.69) is 10.1 Å². The third-order valence-corrected chi connectivity index (χ3v) is 5.51. The van der Waals surface area contributed by atoms with Crippen LogP contribution in [-0.2, 0) is 12.6 Å². The second-order valence-corrected chi connectivity index (χ2v) is 7.66. The van der Waals surface area contributed by atoms with Gasteiger partial charge in [-0.3, -0.25) is 4.79 Å². The topological polar surface area (TPSA) is 77.7 Å². The molecule has 3 aromatic rings. The second kappa shape index (κ2) is 9.13. The number of carbonyl (C=O) groups is 1. The van der Waals surface area contributed by atoms with Crippen LogP contribution < -0.4 is 9.47 Å². The maximum absolute atomic E-state index is 13.0. The number of benzene rings is 2. The summed E-state index contributed by atoms with van der Waals surface area (Å²) < 4.78 is 54.5. The number of ether oxygens (including phenoxy) is 2. The highest BCUT2D eigenvalue weighted by molar-refractivity contribution is 5.94. The molecule has 1 amide bonds. The van der Waals surface area contributed by atoms with E-state index >= 15 is 0 Å². The lowest BCUT2D eigenvalue weighted by molar-refractivity contribution is -0.137. The summed E-state index contributed by atoms with van der Waals surface area (Å²) in [4.78, 5) is 19.0. The van der Waals surface area contributed by atoms with Crippen LogP contribution in [0.2, 0.25) is 0 Å². The van der Waals surface area contributed by atoms with Crippen molar-refractivity contribution in [3.05, 3.63) is 59.5 Å². The van der Waals surface area contributed by atoms with Gasteiger partial charge in [-0.15, -0.1) is 0 Å². The molecular weight excluding hydrogens is 439 g/mol. The molecule has 0 N–H and O–H groups in total. The Hall–Kier alpha value is -3.56. The van der Waals surface area contributed by atoms with E-state index in [1.54, 1.807) is 23.1 Å². The largest absolute Gasteiger partial charge is 0.454 e. The molecule has 1 aromatic heterocycles. The fourth-order valence-corrected chi connectivity index (χ4v) is 3.44. The van der Waals surface area contributed by atoms with E-state index in [0.29, 0.717) is 41.6 Å². The molecule has 7 nitrogen and oxygen atoms in total. The molecule has 0 bridgehead atoms. The minimum absolute atomic E-state index is 0.129. The highest BCUT2D eigenvalue weighted by Gasteiger charge is 2.31. The van der Waals surface area contributed by atoms with E-state index < -0.39 is 11.7 Å². The fourth-order valence-electron chi connectivity index (χ4n) is 3.44. The number of hydrogen-bond donors (Lipinski definition) is 0. The van der Waals surface area contributed by atoms with Gasteiger partial charge in [0, 0.05) is 30.1 Å². The molecule has 4 rings (SSSR count). The lowest BCUT2D eigenvalue weighted by Crippen LogP contribution is -2.39. The number of nitrogens with zero attached hydrogens (tertiary/aromatic N) is 3. The summed E-state index contributed by atoms with van der Waals surface area (Å²) in [5.41, 5.74) is 0.0970. The Kier molecular flexibility index (Phi) is 6.26. The third-order valence-electron chi connectivity index (χ3n) is 5.51. The zero-order chi connectivity index (χ0) is 23.6. The van der Waals surface area contributed by atoms with Crippen molar-refractivity contribution in [2.75, 3.05) is 13.3 Å². The first kappa shape index (κ1) is 22.6. The number of rotatable bonds is 7. The van der Waals surface area contributed by atoms with Crippen LogP contribution in [0.4, 0.5) is 13.2 Å². The van der Waals surface area contributed by atoms with Crippen molar-refractivity contribution < 1.29 is 32.0 Å². The molecular formula is C23H22F3N3O4. The minimum atomic E-state index is -4.45. The van der Waals surface area contributed by atoms with E-state index in [1.807, 2.05) is 13.8 Å². The number of fused-ring (bicyclic) bond motifs is 1. The Morgan fingerprint density at radius 1 is 1.12 bits per heavy atom. The molecule has 174 valence electrons. The first-order valence-electron chi connectivity index (χ1n) is 10.5. The fraction of sp³-hybridized carbons (Fsp3) is 0.348. The van der Waals surface area contributed by atoms with Crippen molar-refractivity contribution in [3.63, 3.8) is 0 Å².